The van der Waals surface area contributed by atoms with Gasteiger partial charge in [0.15, 0.2) is 0 Å². The zero-order chi connectivity index (χ0) is 19.3. The monoisotopic (exact) mass is 392 g/mol. The van der Waals surface area contributed by atoms with Crippen LogP contribution in [0, 0.1) is 6.92 Å². The minimum Gasteiger partial charge on any atom is -0.494 e. The van der Waals surface area contributed by atoms with Crippen molar-refractivity contribution in [3.63, 3.8) is 0 Å². The van der Waals surface area contributed by atoms with E-state index in [1.807, 2.05) is 11.5 Å². The Bertz CT molecular complexity index is 833. The molecule has 7 nitrogen and oxygen atoms in total. The van der Waals surface area contributed by atoms with Crippen LogP contribution in [0.2, 0.25) is 0 Å². The number of aromatic nitrogens is 3. The van der Waals surface area contributed by atoms with Crippen LogP contribution in [0.25, 0.3) is 0 Å². The van der Waals surface area contributed by atoms with Gasteiger partial charge in [0, 0.05) is 12.1 Å². The zero-order valence-electron chi connectivity index (χ0n) is 16.0. The van der Waals surface area contributed by atoms with Crippen LogP contribution < -0.4 is 9.46 Å². The van der Waals surface area contributed by atoms with Crippen LogP contribution in [0.3, 0.4) is 0 Å². The number of nitrogens with zero attached hydrogens (tertiary/aromatic N) is 3. The quantitative estimate of drug-likeness (QED) is 0.697. The fraction of sp³-hybridized carbons (Fsp3) is 0.579. The molecule has 0 aliphatic heterocycles. The van der Waals surface area contributed by atoms with Crippen LogP contribution in [-0.4, -0.2) is 35.8 Å². The largest absolute Gasteiger partial charge is 0.494 e. The van der Waals surface area contributed by atoms with Gasteiger partial charge in [-0.3, -0.25) is 0 Å². The summed E-state index contributed by atoms with van der Waals surface area (Å²) < 4.78 is 36.0. The van der Waals surface area contributed by atoms with E-state index in [4.69, 9.17) is 4.74 Å². The molecule has 8 heteroatoms. The Kier molecular flexibility index (Phi) is 6.49. The zero-order valence-corrected chi connectivity index (χ0v) is 16.8. The molecule has 1 saturated carbocycles. The van der Waals surface area contributed by atoms with Crippen LogP contribution in [0.1, 0.15) is 57.3 Å². The summed E-state index contributed by atoms with van der Waals surface area (Å²) >= 11 is 0. The van der Waals surface area contributed by atoms with Gasteiger partial charge in [0.1, 0.15) is 17.9 Å². The molecular formula is C19H28N4O3S. The lowest BCUT2D eigenvalue weighted by atomic mass is 9.91. The number of nitrogens with one attached hydrogen (secondary N) is 1. The van der Waals surface area contributed by atoms with E-state index in [0.717, 1.165) is 44.3 Å². The topological polar surface area (TPSA) is 86.1 Å². The molecule has 0 bridgehead atoms. The molecule has 2 aromatic rings. The second kappa shape index (κ2) is 8.84. The Morgan fingerprint density at radius 2 is 2.04 bits per heavy atom. The van der Waals surface area contributed by atoms with Crippen molar-refractivity contribution in [1.29, 1.82) is 0 Å². The summed E-state index contributed by atoms with van der Waals surface area (Å²) in [7, 11) is -3.55. The maximum atomic E-state index is 12.7. The van der Waals surface area contributed by atoms with Gasteiger partial charge in [-0.1, -0.05) is 13.3 Å². The van der Waals surface area contributed by atoms with E-state index in [1.54, 1.807) is 30.6 Å². The van der Waals surface area contributed by atoms with E-state index < -0.39 is 10.0 Å². The van der Waals surface area contributed by atoms with E-state index in [2.05, 4.69) is 21.8 Å². The van der Waals surface area contributed by atoms with Gasteiger partial charge in [0.05, 0.1) is 11.5 Å². The first-order chi connectivity index (χ1) is 13.0. The van der Waals surface area contributed by atoms with E-state index in [1.165, 1.54) is 0 Å². The summed E-state index contributed by atoms with van der Waals surface area (Å²) in [5.41, 5.74) is 0. The maximum Gasteiger partial charge on any atom is 0.240 e. The van der Waals surface area contributed by atoms with Gasteiger partial charge in [-0.15, -0.1) is 10.2 Å². The van der Waals surface area contributed by atoms with Crippen molar-refractivity contribution < 1.29 is 13.2 Å². The number of hydrogen-bond donors (Lipinski definition) is 1. The highest BCUT2D eigenvalue weighted by molar-refractivity contribution is 7.89. The number of aryl methyl sites for hydroxylation is 1. The molecule has 148 valence electrons. The van der Waals surface area contributed by atoms with Crippen LogP contribution in [-0.2, 0) is 10.0 Å². The van der Waals surface area contributed by atoms with E-state index in [9.17, 15) is 8.42 Å². The lowest BCUT2D eigenvalue weighted by molar-refractivity contribution is 0.302. The third kappa shape index (κ3) is 5.07. The van der Waals surface area contributed by atoms with E-state index in [0.29, 0.717) is 12.4 Å². The van der Waals surface area contributed by atoms with Gasteiger partial charge < -0.3 is 9.30 Å². The van der Waals surface area contributed by atoms with Gasteiger partial charge in [0.2, 0.25) is 10.0 Å². The Morgan fingerprint density at radius 3 is 2.70 bits per heavy atom. The predicted molar refractivity (Wildman–Crippen MR) is 103 cm³/mol. The molecule has 1 aliphatic rings. The Labute approximate surface area is 161 Å². The molecule has 1 heterocycles. The molecular weight excluding hydrogens is 364 g/mol. The molecule has 1 aromatic heterocycles. The summed E-state index contributed by atoms with van der Waals surface area (Å²) in [4.78, 5) is 0.271. The molecule has 1 aliphatic carbocycles. The number of hydrogen-bond acceptors (Lipinski definition) is 5. The lowest BCUT2D eigenvalue weighted by Crippen LogP contribution is -2.38. The first-order valence-corrected chi connectivity index (χ1v) is 11.1. The van der Waals surface area contributed by atoms with Crippen LogP contribution in [0.15, 0.2) is 35.5 Å². The number of unbranched alkanes of at least 4 members (excludes halogenated alkanes) is 1. The highest BCUT2D eigenvalue weighted by atomic mass is 32.2. The number of sulfonamides is 1. The summed E-state index contributed by atoms with van der Waals surface area (Å²) in [6.45, 7) is 4.67. The van der Waals surface area contributed by atoms with Crippen LogP contribution >= 0.6 is 0 Å². The van der Waals surface area contributed by atoms with Crippen LogP contribution in [0.4, 0.5) is 0 Å². The van der Waals surface area contributed by atoms with Crippen molar-refractivity contribution in [2.24, 2.45) is 0 Å². The predicted octanol–water partition coefficient (Wildman–Crippen LogP) is 3.23. The molecule has 0 radical (unpaired) electrons. The SMILES string of the molecule is CCCCOc1ccc(S(=O)(=O)N[C@H]2CCC[C@@H](n3cnnc3C)C2)cc1. The average Bonchev–Trinajstić information content (AvgIpc) is 3.08. The smallest absolute Gasteiger partial charge is 0.240 e. The molecule has 27 heavy (non-hydrogen) atoms. The number of benzene rings is 1. The van der Waals surface area contributed by atoms with E-state index >= 15 is 0 Å². The highest BCUT2D eigenvalue weighted by Crippen LogP contribution is 2.30. The fourth-order valence-corrected chi connectivity index (χ4v) is 4.80. The maximum absolute atomic E-state index is 12.7. The van der Waals surface area contributed by atoms with E-state index in [-0.39, 0.29) is 17.0 Å². The molecule has 1 fully saturated rings. The third-order valence-corrected chi connectivity index (χ3v) is 6.55. The van der Waals surface area contributed by atoms with Gasteiger partial charge >= 0.3 is 0 Å². The Morgan fingerprint density at radius 1 is 1.26 bits per heavy atom. The minimum atomic E-state index is -3.55. The standard InChI is InChI=1S/C19H28N4O3S/c1-3-4-12-26-18-8-10-19(11-9-18)27(24,25)22-16-6-5-7-17(13-16)23-14-20-21-15(23)2/h8-11,14,16-17,22H,3-7,12-13H2,1-2H3/t16-,17+/m0/s1. The Hall–Kier alpha value is -1.93. The van der Waals surface area contributed by atoms with Crippen molar-refractivity contribution >= 4 is 10.0 Å². The third-order valence-electron chi connectivity index (χ3n) is 5.01. The fourth-order valence-electron chi connectivity index (χ4n) is 3.52. The molecule has 0 spiro atoms. The van der Waals surface area contributed by atoms with Crippen molar-refractivity contribution in [1.82, 2.24) is 19.5 Å². The van der Waals surface area contributed by atoms with Gasteiger partial charge in [-0.25, -0.2) is 13.1 Å². The van der Waals surface area contributed by atoms with Crippen molar-refractivity contribution in [3.8, 4) is 5.75 Å². The molecule has 0 saturated heterocycles. The Balaban J connectivity index is 1.62. The van der Waals surface area contributed by atoms with Crippen molar-refractivity contribution in [2.75, 3.05) is 6.61 Å². The molecule has 3 rings (SSSR count). The van der Waals surface area contributed by atoms with Gasteiger partial charge in [-0.05, 0) is 63.3 Å². The van der Waals surface area contributed by atoms with Crippen LogP contribution in [0.5, 0.6) is 5.75 Å². The first-order valence-electron chi connectivity index (χ1n) is 9.61. The second-order valence-electron chi connectivity index (χ2n) is 7.10. The number of rotatable bonds is 8. The summed E-state index contributed by atoms with van der Waals surface area (Å²) in [5, 5.41) is 7.98. The molecule has 1 aromatic carbocycles. The molecule has 1 N–H and O–H groups in total. The highest BCUT2D eigenvalue weighted by Gasteiger charge is 2.28. The van der Waals surface area contributed by atoms with Crippen molar-refractivity contribution in [2.45, 2.75) is 69.4 Å². The lowest BCUT2D eigenvalue weighted by Gasteiger charge is -2.30. The second-order valence-corrected chi connectivity index (χ2v) is 8.81. The molecule has 2 atom stereocenters. The summed E-state index contributed by atoms with van der Waals surface area (Å²) in [5.74, 6) is 1.56. The van der Waals surface area contributed by atoms with Crippen molar-refractivity contribution in [3.05, 3.63) is 36.4 Å². The summed E-state index contributed by atoms with van der Waals surface area (Å²) in [6.07, 6.45) is 7.35. The molecule has 0 unspecified atom stereocenters. The summed E-state index contributed by atoms with van der Waals surface area (Å²) in [6, 6.07) is 6.79. The van der Waals surface area contributed by atoms with Gasteiger partial charge in [0.25, 0.3) is 0 Å². The minimum absolute atomic E-state index is 0.0870. The first kappa shape index (κ1) is 19.8. The number of ether oxygens (including phenoxy) is 1. The normalized spacial score (nSPS) is 20.5. The van der Waals surface area contributed by atoms with Gasteiger partial charge in [-0.2, -0.15) is 0 Å². The molecule has 0 amide bonds. The average molecular weight is 393 g/mol.